The van der Waals surface area contributed by atoms with Crippen LogP contribution < -0.4 is 15.5 Å². The number of likely N-dealkylation sites (tertiary alicyclic amines) is 1. The van der Waals surface area contributed by atoms with Crippen LogP contribution in [-0.2, 0) is 6.54 Å². The Morgan fingerprint density at radius 2 is 1.86 bits per heavy atom. The summed E-state index contributed by atoms with van der Waals surface area (Å²) < 4.78 is 0. The van der Waals surface area contributed by atoms with E-state index >= 15 is 0 Å². The number of hydrogen-bond acceptors (Lipinski definition) is 5. The van der Waals surface area contributed by atoms with Crippen molar-refractivity contribution in [2.75, 3.05) is 57.8 Å². The van der Waals surface area contributed by atoms with E-state index < -0.39 is 0 Å². The van der Waals surface area contributed by atoms with Crippen LogP contribution in [0.25, 0.3) is 0 Å². The first-order chi connectivity index (χ1) is 14.0. The van der Waals surface area contributed by atoms with E-state index in [-0.39, 0.29) is 0 Å². The zero-order valence-electron chi connectivity index (χ0n) is 18.7. The highest BCUT2D eigenvalue weighted by Crippen LogP contribution is 2.15. The number of nitrogens with zero attached hydrogens (tertiary/aromatic N) is 5. The van der Waals surface area contributed by atoms with Gasteiger partial charge in [0.15, 0.2) is 5.96 Å². The molecule has 0 aliphatic carbocycles. The normalized spacial score (nSPS) is 20.3. The van der Waals surface area contributed by atoms with Gasteiger partial charge in [-0.25, -0.2) is 9.98 Å². The Kier molecular flexibility index (Phi) is 8.12. The molecule has 2 aliphatic rings. The molecule has 0 aromatic carbocycles. The zero-order valence-corrected chi connectivity index (χ0v) is 18.7. The van der Waals surface area contributed by atoms with E-state index in [4.69, 9.17) is 4.99 Å². The summed E-state index contributed by atoms with van der Waals surface area (Å²) in [6, 6.07) is 5.44. The van der Waals surface area contributed by atoms with Crippen molar-refractivity contribution in [3.05, 3.63) is 23.9 Å². The van der Waals surface area contributed by atoms with E-state index in [9.17, 15) is 0 Å². The number of piperazine rings is 1. The number of hydrogen-bond donors (Lipinski definition) is 2. The molecule has 0 unspecified atom stereocenters. The Morgan fingerprint density at radius 1 is 1.14 bits per heavy atom. The third-order valence-electron chi connectivity index (χ3n) is 6.00. The maximum atomic E-state index is 4.80. The first-order valence-electron chi connectivity index (χ1n) is 11.2. The van der Waals surface area contributed by atoms with Crippen LogP contribution in [0.3, 0.4) is 0 Å². The third kappa shape index (κ3) is 6.57. The Bertz CT molecular complexity index is 627. The van der Waals surface area contributed by atoms with Crippen molar-refractivity contribution >= 4 is 11.8 Å². The van der Waals surface area contributed by atoms with Crippen LogP contribution in [0.15, 0.2) is 23.3 Å². The van der Waals surface area contributed by atoms with E-state index in [0.717, 1.165) is 63.2 Å². The molecule has 1 aromatic rings. The fourth-order valence-corrected chi connectivity index (χ4v) is 3.98. The predicted molar refractivity (Wildman–Crippen MR) is 122 cm³/mol. The molecule has 162 valence electrons. The lowest BCUT2D eigenvalue weighted by Crippen LogP contribution is -2.49. The Labute approximate surface area is 176 Å². The van der Waals surface area contributed by atoms with Crippen molar-refractivity contribution in [1.29, 1.82) is 0 Å². The molecule has 2 fully saturated rings. The second-order valence-electron chi connectivity index (χ2n) is 8.56. The molecule has 0 atom stereocenters. The van der Waals surface area contributed by atoms with Crippen LogP contribution in [0.5, 0.6) is 0 Å². The number of nitrogens with one attached hydrogen (secondary N) is 2. The summed E-state index contributed by atoms with van der Waals surface area (Å²) in [5.41, 5.74) is 1.15. The van der Waals surface area contributed by atoms with Gasteiger partial charge in [-0.05, 0) is 52.3 Å². The molecule has 7 nitrogen and oxygen atoms in total. The standard InChI is InChI=1S/C22H39N7/c1-5-23-22(26-20-8-10-28(11-9-20)18(2)3)25-17-19-6-7-21(24-16-19)29-14-12-27(4)13-15-29/h6-7,16,18,20H,5,8-15,17H2,1-4H3,(H2,23,25,26). The van der Waals surface area contributed by atoms with Gasteiger partial charge in [0.1, 0.15) is 5.82 Å². The van der Waals surface area contributed by atoms with Crippen molar-refractivity contribution in [2.24, 2.45) is 4.99 Å². The van der Waals surface area contributed by atoms with Gasteiger partial charge in [0.2, 0.25) is 0 Å². The van der Waals surface area contributed by atoms with Crippen LogP contribution in [-0.4, -0.2) is 85.7 Å². The van der Waals surface area contributed by atoms with Crippen molar-refractivity contribution in [3.63, 3.8) is 0 Å². The van der Waals surface area contributed by atoms with Gasteiger partial charge < -0.3 is 25.3 Å². The molecule has 2 N–H and O–H groups in total. The summed E-state index contributed by atoms with van der Waals surface area (Å²) in [5, 5.41) is 7.03. The molecule has 29 heavy (non-hydrogen) atoms. The SMILES string of the molecule is CCNC(=NCc1ccc(N2CCN(C)CC2)nc1)NC1CCN(C(C)C)CC1. The lowest BCUT2D eigenvalue weighted by Gasteiger charge is -2.35. The fourth-order valence-electron chi connectivity index (χ4n) is 3.98. The predicted octanol–water partition coefficient (Wildman–Crippen LogP) is 1.76. The molecular weight excluding hydrogens is 362 g/mol. The monoisotopic (exact) mass is 401 g/mol. The molecule has 2 aliphatic heterocycles. The summed E-state index contributed by atoms with van der Waals surface area (Å²) in [4.78, 5) is 16.8. The van der Waals surface area contributed by atoms with Crippen LogP contribution >= 0.6 is 0 Å². The Balaban J connectivity index is 1.52. The van der Waals surface area contributed by atoms with Crippen LogP contribution in [0, 0.1) is 0 Å². The van der Waals surface area contributed by atoms with E-state index in [1.165, 1.54) is 12.8 Å². The average Bonchev–Trinajstić information content (AvgIpc) is 2.73. The van der Waals surface area contributed by atoms with Crippen molar-refractivity contribution in [3.8, 4) is 0 Å². The van der Waals surface area contributed by atoms with Gasteiger partial charge in [0.25, 0.3) is 0 Å². The molecule has 1 aromatic heterocycles. The molecule has 3 heterocycles. The molecule has 7 heteroatoms. The summed E-state index contributed by atoms with van der Waals surface area (Å²) in [5.74, 6) is 1.99. The second kappa shape index (κ2) is 10.8. The highest BCUT2D eigenvalue weighted by molar-refractivity contribution is 5.80. The maximum absolute atomic E-state index is 4.80. The Hall–Kier alpha value is -1.86. The minimum Gasteiger partial charge on any atom is -0.357 e. The van der Waals surface area contributed by atoms with E-state index in [0.29, 0.717) is 18.6 Å². The van der Waals surface area contributed by atoms with Crippen molar-refractivity contribution in [1.82, 2.24) is 25.4 Å². The van der Waals surface area contributed by atoms with Gasteiger partial charge in [-0.2, -0.15) is 0 Å². The second-order valence-corrected chi connectivity index (χ2v) is 8.56. The summed E-state index contributed by atoms with van der Waals surface area (Å²) in [7, 11) is 2.18. The number of likely N-dealkylation sites (N-methyl/N-ethyl adjacent to an activating group) is 1. The third-order valence-corrected chi connectivity index (χ3v) is 6.00. The van der Waals surface area contributed by atoms with Gasteiger partial charge in [-0.15, -0.1) is 0 Å². The number of piperidine rings is 1. The number of anilines is 1. The number of rotatable bonds is 6. The highest BCUT2D eigenvalue weighted by atomic mass is 15.3. The number of guanidine groups is 1. The van der Waals surface area contributed by atoms with Crippen molar-refractivity contribution < 1.29 is 0 Å². The topological polar surface area (TPSA) is 59.0 Å². The van der Waals surface area contributed by atoms with Gasteiger partial charge in [0, 0.05) is 64.1 Å². The van der Waals surface area contributed by atoms with Gasteiger partial charge in [-0.1, -0.05) is 6.07 Å². The largest absolute Gasteiger partial charge is 0.357 e. The van der Waals surface area contributed by atoms with Crippen LogP contribution in [0.1, 0.15) is 39.2 Å². The fraction of sp³-hybridized carbons (Fsp3) is 0.727. The Morgan fingerprint density at radius 3 is 2.45 bits per heavy atom. The van der Waals surface area contributed by atoms with Gasteiger partial charge >= 0.3 is 0 Å². The molecule has 0 radical (unpaired) electrons. The first-order valence-corrected chi connectivity index (χ1v) is 11.2. The molecule has 0 saturated carbocycles. The van der Waals surface area contributed by atoms with Crippen molar-refractivity contribution in [2.45, 2.75) is 52.2 Å². The highest BCUT2D eigenvalue weighted by Gasteiger charge is 2.21. The van der Waals surface area contributed by atoms with Gasteiger partial charge in [-0.3, -0.25) is 0 Å². The summed E-state index contributed by atoms with van der Waals surface area (Å²) >= 11 is 0. The molecular formula is C22H39N7. The van der Waals surface area contributed by atoms with E-state index in [2.05, 4.69) is 70.3 Å². The number of aromatic nitrogens is 1. The number of aliphatic imine (C=N–C) groups is 1. The maximum Gasteiger partial charge on any atom is 0.191 e. The quantitative estimate of drug-likeness (QED) is 0.560. The van der Waals surface area contributed by atoms with E-state index in [1.807, 2.05) is 6.20 Å². The van der Waals surface area contributed by atoms with Gasteiger partial charge in [0.05, 0.1) is 6.54 Å². The van der Waals surface area contributed by atoms with Crippen LogP contribution in [0.4, 0.5) is 5.82 Å². The summed E-state index contributed by atoms with van der Waals surface area (Å²) in [6.45, 7) is 14.8. The van der Waals surface area contributed by atoms with E-state index in [1.54, 1.807) is 0 Å². The minimum absolute atomic E-state index is 0.500. The average molecular weight is 402 g/mol. The van der Waals surface area contributed by atoms with Crippen LogP contribution in [0.2, 0.25) is 0 Å². The lowest BCUT2D eigenvalue weighted by atomic mass is 10.0. The molecule has 0 spiro atoms. The molecule has 0 bridgehead atoms. The molecule has 0 amide bonds. The zero-order chi connectivity index (χ0) is 20.6. The minimum atomic E-state index is 0.500. The molecule has 2 saturated heterocycles. The lowest BCUT2D eigenvalue weighted by molar-refractivity contribution is 0.167. The first kappa shape index (κ1) is 21.8. The summed E-state index contributed by atoms with van der Waals surface area (Å²) in [6.07, 6.45) is 4.32. The smallest absolute Gasteiger partial charge is 0.191 e. The number of pyridine rings is 1. The molecule has 3 rings (SSSR count).